The van der Waals surface area contributed by atoms with Crippen molar-refractivity contribution >= 4 is 0 Å². The second kappa shape index (κ2) is 12.5. The second-order valence-electron chi connectivity index (χ2n) is 15.7. The number of hydrogen-bond acceptors (Lipinski definition) is 6. The predicted molar refractivity (Wildman–Crippen MR) is 161 cm³/mol. The Morgan fingerprint density at radius 3 is 2.39 bits per heavy atom. The minimum Gasteiger partial charge on any atom is -0.394 e. The lowest BCUT2D eigenvalue weighted by molar-refractivity contribution is -0.313. The van der Waals surface area contributed by atoms with E-state index in [9.17, 15) is 20.4 Å². The molecule has 0 aromatic carbocycles. The topological polar surface area (TPSA) is 99.4 Å². The summed E-state index contributed by atoms with van der Waals surface area (Å²) < 4.78 is 11.9. The Morgan fingerprint density at radius 2 is 1.71 bits per heavy atom. The fraction of sp³-hybridized carbons (Fsp3) is 0.943. The van der Waals surface area contributed by atoms with E-state index >= 15 is 0 Å². The fourth-order valence-corrected chi connectivity index (χ4v) is 10.8. The van der Waals surface area contributed by atoms with Crippen molar-refractivity contribution in [3.63, 3.8) is 0 Å². The first-order valence-electron chi connectivity index (χ1n) is 17.1. The van der Waals surface area contributed by atoms with Gasteiger partial charge in [0.25, 0.3) is 0 Å². The number of hydrogen-bond donors (Lipinski definition) is 4. The third-order valence-electron chi connectivity index (χ3n) is 13.5. The van der Waals surface area contributed by atoms with Crippen molar-refractivity contribution < 1.29 is 29.9 Å². The van der Waals surface area contributed by atoms with E-state index in [1.807, 2.05) is 0 Å². The summed E-state index contributed by atoms with van der Waals surface area (Å²) >= 11 is 0. The van der Waals surface area contributed by atoms with Crippen molar-refractivity contribution in [2.24, 2.45) is 52.3 Å². The summed E-state index contributed by atoms with van der Waals surface area (Å²) in [6.45, 7) is 14.5. The highest BCUT2D eigenvalue weighted by molar-refractivity contribution is 5.25. The van der Waals surface area contributed by atoms with Crippen LogP contribution in [0.4, 0.5) is 0 Å². The molecule has 0 aromatic rings. The molecule has 5 aliphatic rings. The Bertz CT molecular complexity index is 918. The SMILES string of the molecule is CC[C@H](CC[C@@H](C)[C@H]1CC[C@H]2[C@@H]3CC=C4C[C@@H](O[C@@H]5O[C@@H](CO)[C@H](O)[C@H](O)[C@@H]5O)CC[C@]4(C)[C@@H]3CC[C@]12C)C(C)C. The van der Waals surface area contributed by atoms with Gasteiger partial charge < -0.3 is 29.9 Å². The monoisotopic (exact) mass is 576 g/mol. The third-order valence-corrected chi connectivity index (χ3v) is 13.5. The number of aliphatic hydroxyl groups excluding tert-OH is 4. The molecule has 6 heteroatoms. The van der Waals surface area contributed by atoms with Crippen LogP contribution in [0.2, 0.25) is 0 Å². The summed E-state index contributed by atoms with van der Waals surface area (Å²) in [6.07, 6.45) is 9.92. The summed E-state index contributed by atoms with van der Waals surface area (Å²) in [5.41, 5.74) is 2.19. The maximum atomic E-state index is 10.5. The molecule has 0 spiro atoms. The van der Waals surface area contributed by atoms with Gasteiger partial charge in [-0.2, -0.15) is 0 Å². The van der Waals surface area contributed by atoms with Crippen molar-refractivity contribution in [3.05, 3.63) is 11.6 Å². The van der Waals surface area contributed by atoms with Gasteiger partial charge in [0.1, 0.15) is 24.4 Å². The number of fused-ring (bicyclic) bond motifs is 5. The molecule has 3 saturated carbocycles. The zero-order valence-electron chi connectivity index (χ0n) is 26.7. The third kappa shape index (κ3) is 5.73. The molecule has 0 aromatic heterocycles. The van der Waals surface area contributed by atoms with Crippen LogP contribution < -0.4 is 0 Å². The van der Waals surface area contributed by atoms with Crippen LogP contribution in [0.1, 0.15) is 112 Å². The van der Waals surface area contributed by atoms with Crippen LogP contribution in [0.15, 0.2) is 11.6 Å². The van der Waals surface area contributed by atoms with Crippen molar-refractivity contribution in [2.45, 2.75) is 149 Å². The Balaban J connectivity index is 1.24. The highest BCUT2D eigenvalue weighted by Crippen LogP contribution is 2.67. The first kappa shape index (κ1) is 31.9. The molecule has 14 atom stereocenters. The van der Waals surface area contributed by atoms with E-state index in [-0.39, 0.29) is 11.5 Å². The first-order chi connectivity index (χ1) is 19.4. The lowest BCUT2D eigenvalue weighted by Crippen LogP contribution is -2.60. The van der Waals surface area contributed by atoms with E-state index in [1.54, 1.807) is 0 Å². The Kier molecular flexibility index (Phi) is 9.71. The predicted octanol–water partition coefficient (Wildman–Crippen LogP) is 5.85. The summed E-state index contributed by atoms with van der Waals surface area (Å²) in [7, 11) is 0. The molecule has 4 N–H and O–H groups in total. The van der Waals surface area contributed by atoms with Crippen molar-refractivity contribution in [2.75, 3.05) is 6.61 Å². The number of rotatable bonds is 9. The van der Waals surface area contributed by atoms with Gasteiger partial charge in [0.2, 0.25) is 0 Å². The van der Waals surface area contributed by atoms with Crippen LogP contribution in [-0.2, 0) is 9.47 Å². The van der Waals surface area contributed by atoms with E-state index in [2.05, 4.69) is 47.6 Å². The van der Waals surface area contributed by atoms with Gasteiger partial charge in [0.15, 0.2) is 6.29 Å². The van der Waals surface area contributed by atoms with E-state index in [0.717, 1.165) is 60.7 Å². The molecule has 0 bridgehead atoms. The maximum absolute atomic E-state index is 10.5. The van der Waals surface area contributed by atoms with E-state index in [4.69, 9.17) is 9.47 Å². The average molecular weight is 577 g/mol. The smallest absolute Gasteiger partial charge is 0.186 e. The van der Waals surface area contributed by atoms with Crippen molar-refractivity contribution in [1.29, 1.82) is 0 Å². The normalized spacial score (nSPS) is 47.7. The average Bonchev–Trinajstić information content (AvgIpc) is 3.30. The minimum absolute atomic E-state index is 0.101. The van der Waals surface area contributed by atoms with Crippen molar-refractivity contribution in [1.82, 2.24) is 0 Å². The summed E-state index contributed by atoms with van der Waals surface area (Å²) in [4.78, 5) is 0. The largest absolute Gasteiger partial charge is 0.394 e. The van der Waals surface area contributed by atoms with Gasteiger partial charge in [0.05, 0.1) is 12.7 Å². The van der Waals surface area contributed by atoms with Crippen LogP contribution in [-0.4, -0.2) is 63.8 Å². The number of aliphatic hydroxyl groups is 4. The van der Waals surface area contributed by atoms with Gasteiger partial charge in [0, 0.05) is 0 Å². The molecule has 0 radical (unpaired) electrons. The summed E-state index contributed by atoms with van der Waals surface area (Å²) in [6, 6.07) is 0. The van der Waals surface area contributed by atoms with E-state index in [0.29, 0.717) is 5.41 Å². The number of ether oxygens (including phenoxy) is 2. The highest BCUT2D eigenvalue weighted by Gasteiger charge is 2.59. The molecule has 1 saturated heterocycles. The number of allylic oxidation sites excluding steroid dienone is 1. The van der Waals surface area contributed by atoms with Crippen LogP contribution >= 0.6 is 0 Å². The Labute approximate surface area is 249 Å². The van der Waals surface area contributed by atoms with E-state index in [1.165, 1.54) is 56.9 Å². The summed E-state index contributed by atoms with van der Waals surface area (Å²) in [5.74, 6) is 5.66. The molecule has 236 valence electrons. The Hall–Kier alpha value is -0.500. The van der Waals surface area contributed by atoms with Gasteiger partial charge in [-0.15, -0.1) is 0 Å². The molecular weight excluding hydrogens is 516 g/mol. The standard InChI is InChI=1S/C35H60O6/c1-7-22(20(2)3)9-8-21(4)26-12-13-27-25-11-10-23-18-24(14-16-34(23,5)28(25)15-17-35(26,27)6)40-33-32(39)31(38)30(37)29(19-36)41-33/h10,20-22,24-33,36-39H,7-9,11-19H2,1-6H3/t21-,22-,24+,25+,26-,27+,28-,29+,30+,31+,32+,33-,34+,35-/m1/s1. The maximum Gasteiger partial charge on any atom is 0.186 e. The molecule has 0 unspecified atom stereocenters. The van der Waals surface area contributed by atoms with Crippen molar-refractivity contribution in [3.8, 4) is 0 Å². The lowest BCUT2D eigenvalue weighted by Gasteiger charge is -2.58. The minimum atomic E-state index is -1.40. The zero-order chi connectivity index (χ0) is 29.7. The molecule has 1 heterocycles. The first-order valence-corrected chi connectivity index (χ1v) is 17.1. The van der Waals surface area contributed by atoms with Crippen LogP contribution in [0.25, 0.3) is 0 Å². The second-order valence-corrected chi connectivity index (χ2v) is 15.7. The van der Waals surface area contributed by atoms with Crippen LogP contribution in [0, 0.1) is 52.3 Å². The van der Waals surface area contributed by atoms with Gasteiger partial charge >= 0.3 is 0 Å². The van der Waals surface area contributed by atoms with Gasteiger partial charge in [-0.1, -0.05) is 66.0 Å². The molecule has 5 rings (SSSR count). The van der Waals surface area contributed by atoms with Crippen LogP contribution in [0.3, 0.4) is 0 Å². The molecular formula is C35H60O6. The van der Waals surface area contributed by atoms with Crippen LogP contribution in [0.5, 0.6) is 0 Å². The van der Waals surface area contributed by atoms with Gasteiger partial charge in [-0.05, 0) is 110 Å². The summed E-state index contributed by atoms with van der Waals surface area (Å²) in [5, 5.41) is 40.4. The lowest BCUT2D eigenvalue weighted by atomic mass is 9.47. The highest BCUT2D eigenvalue weighted by atomic mass is 16.7. The zero-order valence-corrected chi connectivity index (χ0v) is 26.7. The van der Waals surface area contributed by atoms with Gasteiger partial charge in [-0.25, -0.2) is 0 Å². The fourth-order valence-electron chi connectivity index (χ4n) is 10.8. The van der Waals surface area contributed by atoms with Gasteiger partial charge in [-0.3, -0.25) is 0 Å². The molecule has 4 aliphatic carbocycles. The molecule has 6 nitrogen and oxygen atoms in total. The van der Waals surface area contributed by atoms with E-state index < -0.39 is 37.3 Å². The Morgan fingerprint density at radius 1 is 0.951 bits per heavy atom. The quantitative estimate of drug-likeness (QED) is 0.257. The molecule has 41 heavy (non-hydrogen) atoms. The molecule has 1 aliphatic heterocycles. The molecule has 0 amide bonds. The molecule has 4 fully saturated rings.